The molecule has 0 fully saturated rings. The van der Waals surface area contributed by atoms with Crippen molar-refractivity contribution in [3.05, 3.63) is 27.3 Å². The lowest BCUT2D eigenvalue weighted by atomic mass is 10.2. The van der Waals surface area contributed by atoms with Gasteiger partial charge in [-0.05, 0) is 46.7 Å². The first-order valence-electron chi connectivity index (χ1n) is 3.27. The number of hydrogen-bond acceptors (Lipinski definition) is 1. The summed E-state index contributed by atoms with van der Waals surface area (Å²) in [5.74, 6) is 1.27. The number of fused-ring (bicyclic) bond motifs is 1. The number of hydrogen-bond donors (Lipinski definition) is 0. The van der Waals surface area contributed by atoms with E-state index in [4.69, 9.17) is 0 Å². The molecule has 1 aromatic carbocycles. The van der Waals surface area contributed by atoms with E-state index in [0.717, 1.165) is 0 Å². The molecule has 10 heavy (non-hydrogen) atoms. The second-order valence-electron chi connectivity index (χ2n) is 2.35. The standard InChI is InChI=1S/C8H7IS/c9-7-2-1-6-3-4-10-8(6)5-7/h1-2,5H,3-4H2. The first-order chi connectivity index (χ1) is 4.86. The van der Waals surface area contributed by atoms with Gasteiger partial charge in [-0.1, -0.05) is 6.07 Å². The molecule has 0 N–H and O–H groups in total. The molecule has 2 rings (SSSR count). The van der Waals surface area contributed by atoms with Crippen molar-refractivity contribution >= 4 is 34.4 Å². The van der Waals surface area contributed by atoms with Crippen LogP contribution in [0.1, 0.15) is 5.56 Å². The van der Waals surface area contributed by atoms with Crippen LogP contribution in [-0.4, -0.2) is 5.75 Å². The summed E-state index contributed by atoms with van der Waals surface area (Å²) in [6.45, 7) is 0. The van der Waals surface area contributed by atoms with E-state index < -0.39 is 0 Å². The Balaban J connectivity index is 2.52. The first kappa shape index (κ1) is 6.98. The van der Waals surface area contributed by atoms with Crippen molar-refractivity contribution in [2.75, 3.05) is 5.75 Å². The highest BCUT2D eigenvalue weighted by molar-refractivity contribution is 14.1. The van der Waals surface area contributed by atoms with Crippen LogP contribution in [0, 0.1) is 3.57 Å². The zero-order valence-electron chi connectivity index (χ0n) is 5.43. The predicted octanol–water partition coefficient (Wildman–Crippen LogP) is 2.94. The largest absolute Gasteiger partial charge is 0.125 e. The maximum Gasteiger partial charge on any atom is 0.0141 e. The molecule has 2 heteroatoms. The monoisotopic (exact) mass is 262 g/mol. The van der Waals surface area contributed by atoms with Gasteiger partial charge < -0.3 is 0 Å². The molecule has 0 saturated heterocycles. The van der Waals surface area contributed by atoms with Gasteiger partial charge in [0.1, 0.15) is 0 Å². The Morgan fingerprint density at radius 2 is 2.30 bits per heavy atom. The summed E-state index contributed by atoms with van der Waals surface area (Å²) in [5.41, 5.74) is 1.53. The quantitative estimate of drug-likeness (QED) is 0.648. The summed E-state index contributed by atoms with van der Waals surface area (Å²) in [6, 6.07) is 6.70. The van der Waals surface area contributed by atoms with Crippen molar-refractivity contribution in [2.24, 2.45) is 0 Å². The Kier molecular flexibility index (Phi) is 1.91. The number of thioether (sulfide) groups is 1. The lowest BCUT2D eigenvalue weighted by Gasteiger charge is -1.96. The molecule has 1 aromatic rings. The third-order valence-electron chi connectivity index (χ3n) is 1.66. The molecule has 0 atom stereocenters. The maximum atomic E-state index is 2.36. The van der Waals surface area contributed by atoms with E-state index in [1.54, 1.807) is 0 Å². The van der Waals surface area contributed by atoms with Crippen molar-refractivity contribution in [3.63, 3.8) is 0 Å². The highest BCUT2D eigenvalue weighted by atomic mass is 127. The SMILES string of the molecule is Ic1ccc2c(c1)SCC2. The fourth-order valence-corrected chi connectivity index (χ4v) is 2.95. The third-order valence-corrected chi connectivity index (χ3v) is 3.43. The average Bonchev–Trinajstić information content (AvgIpc) is 2.33. The number of halogens is 1. The predicted molar refractivity (Wildman–Crippen MR) is 53.6 cm³/mol. The van der Waals surface area contributed by atoms with Crippen molar-refractivity contribution in [3.8, 4) is 0 Å². The van der Waals surface area contributed by atoms with E-state index in [2.05, 4.69) is 40.8 Å². The van der Waals surface area contributed by atoms with Crippen molar-refractivity contribution in [1.29, 1.82) is 0 Å². The zero-order valence-corrected chi connectivity index (χ0v) is 8.41. The van der Waals surface area contributed by atoms with Gasteiger partial charge in [-0.25, -0.2) is 0 Å². The fraction of sp³-hybridized carbons (Fsp3) is 0.250. The van der Waals surface area contributed by atoms with Crippen LogP contribution in [0.25, 0.3) is 0 Å². The van der Waals surface area contributed by atoms with E-state index in [1.165, 1.54) is 26.2 Å². The van der Waals surface area contributed by atoms with E-state index in [-0.39, 0.29) is 0 Å². The molecule has 0 unspecified atom stereocenters. The average molecular weight is 262 g/mol. The fourth-order valence-electron chi connectivity index (χ4n) is 1.14. The van der Waals surface area contributed by atoms with Gasteiger partial charge in [-0.15, -0.1) is 11.8 Å². The van der Waals surface area contributed by atoms with Crippen LogP contribution in [0.5, 0.6) is 0 Å². The molecule has 0 bridgehead atoms. The lowest BCUT2D eigenvalue weighted by Crippen LogP contribution is -1.79. The Bertz CT molecular complexity index is 257. The van der Waals surface area contributed by atoms with Gasteiger partial charge in [0.15, 0.2) is 0 Å². The van der Waals surface area contributed by atoms with E-state index in [1.807, 2.05) is 11.8 Å². The molecular weight excluding hydrogens is 255 g/mol. The molecule has 0 aromatic heterocycles. The highest BCUT2D eigenvalue weighted by Gasteiger charge is 2.09. The Hall–Kier alpha value is 0.300. The molecule has 52 valence electrons. The molecule has 0 nitrogen and oxygen atoms in total. The van der Waals surface area contributed by atoms with Crippen LogP contribution < -0.4 is 0 Å². The normalized spacial score (nSPS) is 15.3. The van der Waals surface area contributed by atoms with Gasteiger partial charge in [0, 0.05) is 14.2 Å². The topological polar surface area (TPSA) is 0 Å². The van der Waals surface area contributed by atoms with Gasteiger partial charge in [-0.2, -0.15) is 0 Å². The minimum absolute atomic E-state index is 1.26. The van der Waals surface area contributed by atoms with Crippen LogP contribution in [0.2, 0.25) is 0 Å². The maximum absolute atomic E-state index is 2.36. The lowest BCUT2D eigenvalue weighted by molar-refractivity contribution is 1.14. The van der Waals surface area contributed by atoms with Crippen LogP contribution in [0.15, 0.2) is 23.1 Å². The van der Waals surface area contributed by atoms with Crippen LogP contribution in [0.3, 0.4) is 0 Å². The molecule has 0 amide bonds. The first-order valence-corrected chi connectivity index (χ1v) is 5.34. The van der Waals surface area contributed by atoms with E-state index >= 15 is 0 Å². The minimum atomic E-state index is 1.26. The second-order valence-corrected chi connectivity index (χ2v) is 4.73. The van der Waals surface area contributed by atoms with Crippen molar-refractivity contribution < 1.29 is 0 Å². The summed E-state index contributed by atoms with van der Waals surface area (Å²) >= 11 is 4.34. The number of rotatable bonds is 0. The van der Waals surface area contributed by atoms with Gasteiger partial charge in [-0.3, -0.25) is 0 Å². The summed E-state index contributed by atoms with van der Waals surface area (Å²) in [7, 11) is 0. The van der Waals surface area contributed by atoms with E-state index in [0.29, 0.717) is 0 Å². The molecule has 1 heterocycles. The molecule has 1 aliphatic rings. The molecule has 0 spiro atoms. The summed E-state index contributed by atoms with van der Waals surface area (Å²) in [4.78, 5) is 1.49. The summed E-state index contributed by atoms with van der Waals surface area (Å²) in [6.07, 6.45) is 1.26. The zero-order chi connectivity index (χ0) is 6.97. The Morgan fingerprint density at radius 3 is 3.20 bits per heavy atom. The van der Waals surface area contributed by atoms with Crippen LogP contribution >= 0.6 is 34.4 Å². The van der Waals surface area contributed by atoms with Crippen molar-refractivity contribution in [1.82, 2.24) is 0 Å². The second kappa shape index (κ2) is 2.74. The van der Waals surface area contributed by atoms with Gasteiger partial charge in [0.05, 0.1) is 0 Å². The van der Waals surface area contributed by atoms with Gasteiger partial charge in [0.2, 0.25) is 0 Å². The summed E-state index contributed by atoms with van der Waals surface area (Å²) < 4.78 is 1.35. The minimum Gasteiger partial charge on any atom is -0.125 e. The smallest absolute Gasteiger partial charge is 0.0141 e. The van der Waals surface area contributed by atoms with Gasteiger partial charge >= 0.3 is 0 Å². The van der Waals surface area contributed by atoms with Crippen LogP contribution in [-0.2, 0) is 6.42 Å². The number of aryl methyl sites for hydroxylation is 1. The Morgan fingerprint density at radius 1 is 1.40 bits per heavy atom. The van der Waals surface area contributed by atoms with Gasteiger partial charge in [0.25, 0.3) is 0 Å². The summed E-state index contributed by atoms with van der Waals surface area (Å²) in [5, 5.41) is 0. The third kappa shape index (κ3) is 1.19. The molecular formula is C8H7IS. The highest BCUT2D eigenvalue weighted by Crippen LogP contribution is 2.31. The number of benzene rings is 1. The van der Waals surface area contributed by atoms with Crippen molar-refractivity contribution in [2.45, 2.75) is 11.3 Å². The van der Waals surface area contributed by atoms with E-state index in [9.17, 15) is 0 Å². The molecule has 0 saturated carbocycles. The molecule has 0 radical (unpaired) electrons. The molecule has 1 aliphatic heterocycles. The Labute approximate surface area is 78.5 Å². The van der Waals surface area contributed by atoms with Crippen LogP contribution in [0.4, 0.5) is 0 Å². The molecule has 0 aliphatic carbocycles.